The van der Waals surface area contributed by atoms with Gasteiger partial charge in [-0.1, -0.05) is 26.2 Å². The summed E-state index contributed by atoms with van der Waals surface area (Å²) in [6.07, 6.45) is 4.84. The van der Waals surface area contributed by atoms with Crippen LogP contribution in [0.5, 0.6) is 0 Å². The fraction of sp³-hybridized carbons (Fsp3) is 0.500. The van der Waals surface area contributed by atoms with Gasteiger partial charge < -0.3 is 5.32 Å². The van der Waals surface area contributed by atoms with Crippen molar-refractivity contribution in [2.75, 3.05) is 5.32 Å². The number of rotatable bonds is 2. The van der Waals surface area contributed by atoms with Crippen LogP contribution in [0.25, 0.3) is 0 Å². The SMILES string of the molecule is CC1(C(=O)Nc2cc(F)c(F)cc2S)CCCCC1. The van der Waals surface area contributed by atoms with Crippen molar-refractivity contribution in [2.24, 2.45) is 5.41 Å². The molecule has 1 saturated carbocycles. The fourth-order valence-electron chi connectivity index (χ4n) is 2.47. The first-order valence-corrected chi connectivity index (χ1v) is 6.86. The monoisotopic (exact) mass is 285 g/mol. The first-order valence-electron chi connectivity index (χ1n) is 6.42. The number of carbonyl (C=O) groups excluding carboxylic acids is 1. The van der Waals surface area contributed by atoms with Crippen molar-refractivity contribution in [1.82, 2.24) is 0 Å². The number of nitrogens with one attached hydrogen (secondary N) is 1. The predicted molar refractivity (Wildman–Crippen MR) is 73.4 cm³/mol. The smallest absolute Gasteiger partial charge is 0.230 e. The molecule has 0 atom stereocenters. The van der Waals surface area contributed by atoms with E-state index in [4.69, 9.17) is 0 Å². The molecule has 1 fully saturated rings. The predicted octanol–water partition coefficient (Wildman–Crippen LogP) is 4.16. The summed E-state index contributed by atoms with van der Waals surface area (Å²) >= 11 is 4.06. The second-order valence-electron chi connectivity index (χ2n) is 5.36. The van der Waals surface area contributed by atoms with Gasteiger partial charge in [-0.25, -0.2) is 8.78 Å². The lowest BCUT2D eigenvalue weighted by molar-refractivity contribution is -0.126. The lowest BCUT2D eigenvalue weighted by Gasteiger charge is -2.32. The van der Waals surface area contributed by atoms with E-state index in [1.54, 1.807) is 0 Å². The summed E-state index contributed by atoms with van der Waals surface area (Å²) in [6, 6.07) is 1.94. The molecule has 0 bridgehead atoms. The van der Waals surface area contributed by atoms with Gasteiger partial charge in [0.1, 0.15) is 0 Å². The van der Waals surface area contributed by atoms with Gasteiger partial charge in [0, 0.05) is 16.4 Å². The fourth-order valence-corrected chi connectivity index (χ4v) is 2.70. The summed E-state index contributed by atoms with van der Waals surface area (Å²) in [7, 11) is 0. The first kappa shape index (κ1) is 14.3. The number of hydrogen-bond donors (Lipinski definition) is 2. The lowest BCUT2D eigenvalue weighted by Crippen LogP contribution is -2.35. The van der Waals surface area contributed by atoms with Gasteiger partial charge in [0.25, 0.3) is 0 Å². The molecule has 2 rings (SSSR count). The molecule has 1 aliphatic rings. The highest BCUT2D eigenvalue weighted by atomic mass is 32.1. The van der Waals surface area contributed by atoms with Crippen molar-refractivity contribution < 1.29 is 13.6 Å². The van der Waals surface area contributed by atoms with Crippen molar-refractivity contribution in [1.29, 1.82) is 0 Å². The van der Waals surface area contributed by atoms with E-state index in [1.807, 2.05) is 6.92 Å². The summed E-state index contributed by atoms with van der Waals surface area (Å²) in [5, 5.41) is 2.67. The summed E-state index contributed by atoms with van der Waals surface area (Å²) in [5.41, 5.74) is -0.206. The molecule has 1 amide bonds. The van der Waals surface area contributed by atoms with Crippen LogP contribution in [0.1, 0.15) is 39.0 Å². The Kier molecular flexibility index (Phi) is 4.13. The van der Waals surface area contributed by atoms with Gasteiger partial charge in [0.15, 0.2) is 11.6 Å². The third-order valence-electron chi connectivity index (χ3n) is 3.79. The zero-order chi connectivity index (χ0) is 14.0. The third-order valence-corrected chi connectivity index (χ3v) is 4.16. The zero-order valence-corrected chi connectivity index (χ0v) is 11.7. The summed E-state index contributed by atoms with van der Waals surface area (Å²) < 4.78 is 26.2. The lowest BCUT2D eigenvalue weighted by atomic mass is 9.75. The topological polar surface area (TPSA) is 29.1 Å². The zero-order valence-electron chi connectivity index (χ0n) is 10.8. The Morgan fingerprint density at radius 1 is 1.21 bits per heavy atom. The maximum Gasteiger partial charge on any atom is 0.230 e. The Morgan fingerprint density at radius 3 is 2.42 bits per heavy atom. The van der Waals surface area contributed by atoms with Crippen LogP contribution in [0, 0.1) is 17.0 Å². The van der Waals surface area contributed by atoms with E-state index in [9.17, 15) is 13.6 Å². The average molecular weight is 285 g/mol. The molecule has 1 N–H and O–H groups in total. The molecule has 0 heterocycles. The number of hydrogen-bond acceptors (Lipinski definition) is 2. The van der Waals surface area contributed by atoms with Crippen LogP contribution in [0.2, 0.25) is 0 Å². The molecule has 1 aromatic carbocycles. The van der Waals surface area contributed by atoms with E-state index in [1.165, 1.54) is 0 Å². The minimum atomic E-state index is -0.984. The highest BCUT2D eigenvalue weighted by Crippen LogP contribution is 2.37. The van der Waals surface area contributed by atoms with Crippen LogP contribution in [-0.4, -0.2) is 5.91 Å². The molecule has 0 unspecified atom stereocenters. The second kappa shape index (κ2) is 5.49. The number of amides is 1. The molecular weight excluding hydrogens is 268 g/mol. The Bertz CT molecular complexity index is 498. The maximum atomic E-state index is 13.2. The van der Waals surface area contributed by atoms with Crippen molar-refractivity contribution in [3.8, 4) is 0 Å². The summed E-state index contributed by atoms with van der Waals surface area (Å²) in [6.45, 7) is 1.92. The van der Waals surface area contributed by atoms with Crippen LogP contribution < -0.4 is 5.32 Å². The van der Waals surface area contributed by atoms with E-state index in [0.717, 1.165) is 44.2 Å². The first-order chi connectivity index (χ1) is 8.92. The Morgan fingerprint density at radius 2 is 1.79 bits per heavy atom. The van der Waals surface area contributed by atoms with Crippen LogP contribution >= 0.6 is 12.6 Å². The van der Waals surface area contributed by atoms with Crippen molar-refractivity contribution in [3.63, 3.8) is 0 Å². The molecule has 1 aliphatic carbocycles. The van der Waals surface area contributed by atoms with Gasteiger partial charge in [-0.15, -0.1) is 12.6 Å². The van der Waals surface area contributed by atoms with Gasteiger partial charge in [0.05, 0.1) is 5.69 Å². The van der Waals surface area contributed by atoms with E-state index < -0.39 is 17.0 Å². The van der Waals surface area contributed by atoms with E-state index in [0.29, 0.717) is 0 Å². The molecule has 0 aliphatic heterocycles. The molecule has 104 valence electrons. The molecule has 2 nitrogen and oxygen atoms in total. The molecule has 0 aromatic heterocycles. The van der Waals surface area contributed by atoms with Gasteiger partial charge >= 0.3 is 0 Å². The Labute approximate surface area is 117 Å². The van der Waals surface area contributed by atoms with Gasteiger partial charge in [-0.05, 0) is 18.9 Å². The molecule has 19 heavy (non-hydrogen) atoms. The van der Waals surface area contributed by atoms with E-state index in [-0.39, 0.29) is 16.5 Å². The van der Waals surface area contributed by atoms with Gasteiger partial charge in [0.2, 0.25) is 5.91 Å². The second-order valence-corrected chi connectivity index (χ2v) is 5.84. The number of anilines is 1. The summed E-state index contributed by atoms with van der Waals surface area (Å²) in [4.78, 5) is 12.5. The van der Waals surface area contributed by atoms with Gasteiger partial charge in [-0.2, -0.15) is 0 Å². The van der Waals surface area contributed by atoms with E-state index >= 15 is 0 Å². The highest BCUT2D eigenvalue weighted by molar-refractivity contribution is 7.80. The highest BCUT2D eigenvalue weighted by Gasteiger charge is 2.34. The molecule has 5 heteroatoms. The number of benzene rings is 1. The minimum Gasteiger partial charge on any atom is -0.325 e. The Hall–Kier alpha value is -1.10. The molecule has 1 aromatic rings. The number of halogens is 2. The quantitative estimate of drug-likeness (QED) is 0.785. The average Bonchev–Trinajstić information content (AvgIpc) is 2.36. The minimum absolute atomic E-state index is 0.145. The third kappa shape index (κ3) is 3.08. The van der Waals surface area contributed by atoms with Crippen LogP contribution in [-0.2, 0) is 4.79 Å². The van der Waals surface area contributed by atoms with Crippen molar-refractivity contribution in [2.45, 2.75) is 43.9 Å². The van der Waals surface area contributed by atoms with Crippen LogP contribution in [0.4, 0.5) is 14.5 Å². The number of carbonyl (C=O) groups is 1. The molecular formula is C14H17F2NOS. The standard InChI is InChI=1S/C14H17F2NOS/c1-14(5-3-2-4-6-14)13(18)17-11-7-9(15)10(16)8-12(11)19/h7-8,19H,2-6H2,1H3,(H,17,18). The van der Waals surface area contributed by atoms with Crippen LogP contribution in [0.3, 0.4) is 0 Å². The Balaban J connectivity index is 2.16. The number of thiol groups is 1. The largest absolute Gasteiger partial charge is 0.325 e. The maximum absolute atomic E-state index is 13.2. The molecule has 0 radical (unpaired) electrons. The molecule has 0 saturated heterocycles. The molecule has 0 spiro atoms. The normalized spacial score (nSPS) is 18.1. The van der Waals surface area contributed by atoms with Crippen molar-refractivity contribution in [3.05, 3.63) is 23.8 Å². The van der Waals surface area contributed by atoms with E-state index in [2.05, 4.69) is 17.9 Å². The van der Waals surface area contributed by atoms with Gasteiger partial charge in [-0.3, -0.25) is 4.79 Å². The van der Waals surface area contributed by atoms with Crippen molar-refractivity contribution >= 4 is 24.2 Å². The summed E-state index contributed by atoms with van der Waals surface area (Å²) in [5.74, 6) is -2.10. The van der Waals surface area contributed by atoms with Crippen LogP contribution in [0.15, 0.2) is 17.0 Å².